The molecule has 1 aromatic heterocycles. The molecule has 1 amide bonds. The van der Waals surface area contributed by atoms with Gasteiger partial charge in [0, 0.05) is 23.9 Å². The van der Waals surface area contributed by atoms with Gasteiger partial charge in [0.1, 0.15) is 0 Å². The zero-order valence-electron chi connectivity index (χ0n) is 13.6. The number of alkyl halides is 3. The third-order valence-electron chi connectivity index (χ3n) is 3.96. The van der Waals surface area contributed by atoms with Crippen molar-refractivity contribution in [3.8, 4) is 11.1 Å². The van der Waals surface area contributed by atoms with Crippen molar-refractivity contribution in [3.63, 3.8) is 0 Å². The highest BCUT2D eigenvalue weighted by Gasteiger charge is 2.41. The normalized spacial score (nSPS) is 12.6. The minimum atomic E-state index is -4.50. The molecule has 0 saturated carbocycles. The van der Waals surface area contributed by atoms with Gasteiger partial charge in [-0.15, -0.1) is 0 Å². The van der Waals surface area contributed by atoms with Crippen molar-refractivity contribution in [2.45, 2.75) is 18.5 Å². The van der Waals surface area contributed by atoms with E-state index in [1.807, 2.05) is 6.07 Å². The van der Waals surface area contributed by atoms with E-state index in [4.69, 9.17) is 0 Å². The molecule has 4 nitrogen and oxygen atoms in total. The second-order valence-electron chi connectivity index (χ2n) is 5.82. The van der Waals surface area contributed by atoms with Gasteiger partial charge in [0.25, 0.3) is 0 Å². The summed E-state index contributed by atoms with van der Waals surface area (Å²) in [5.41, 5.74) is 2.12. The molecule has 7 heteroatoms. The fraction of sp³-hybridized carbons (Fsp3) is 0.158. The van der Waals surface area contributed by atoms with Crippen LogP contribution in [0.4, 0.5) is 18.9 Å². The summed E-state index contributed by atoms with van der Waals surface area (Å²) in [7, 11) is 0. The Kier molecular flexibility index (Phi) is 5.06. The lowest BCUT2D eigenvalue weighted by Crippen LogP contribution is -2.26. The Labute approximate surface area is 148 Å². The lowest BCUT2D eigenvalue weighted by atomic mass is 9.94. The molecule has 0 fully saturated rings. The zero-order chi connectivity index (χ0) is 18.6. The topological polar surface area (TPSA) is 57.8 Å². The molecule has 134 valence electrons. The Balaban J connectivity index is 1.74. The quantitative estimate of drug-likeness (QED) is 0.691. The molecule has 0 bridgehead atoms. The van der Waals surface area contributed by atoms with Crippen LogP contribution in [0.3, 0.4) is 0 Å². The van der Waals surface area contributed by atoms with Crippen molar-refractivity contribution in [2.24, 2.45) is 0 Å². The summed E-state index contributed by atoms with van der Waals surface area (Å²) < 4.78 is 40.1. The van der Waals surface area contributed by atoms with E-state index in [9.17, 15) is 18.0 Å². The van der Waals surface area contributed by atoms with Crippen LogP contribution in [0.15, 0.2) is 67.0 Å². The number of halogens is 3. The summed E-state index contributed by atoms with van der Waals surface area (Å²) in [6.07, 6.45) is -1.87. The first kappa shape index (κ1) is 17.7. The number of aromatic nitrogens is 2. The van der Waals surface area contributed by atoms with Crippen LogP contribution in [0.2, 0.25) is 0 Å². The number of nitrogens with zero attached hydrogens (tertiary/aromatic N) is 1. The highest BCUT2D eigenvalue weighted by molar-refractivity contribution is 5.92. The fourth-order valence-corrected chi connectivity index (χ4v) is 2.69. The van der Waals surface area contributed by atoms with Crippen LogP contribution in [0, 0.1) is 0 Å². The Bertz CT molecular complexity index is 861. The van der Waals surface area contributed by atoms with Gasteiger partial charge in [0.2, 0.25) is 5.91 Å². The van der Waals surface area contributed by atoms with Crippen LogP contribution < -0.4 is 5.32 Å². The van der Waals surface area contributed by atoms with Gasteiger partial charge >= 0.3 is 6.18 Å². The molecule has 0 aliphatic carbocycles. The third kappa shape index (κ3) is 4.30. The molecule has 26 heavy (non-hydrogen) atoms. The molecule has 1 heterocycles. The molecule has 0 aliphatic heterocycles. The Morgan fingerprint density at radius 2 is 1.85 bits per heavy atom. The Morgan fingerprint density at radius 1 is 1.08 bits per heavy atom. The van der Waals surface area contributed by atoms with Gasteiger partial charge in [-0.25, -0.2) is 0 Å². The number of hydrogen-bond acceptors (Lipinski definition) is 2. The van der Waals surface area contributed by atoms with Crippen molar-refractivity contribution < 1.29 is 18.0 Å². The van der Waals surface area contributed by atoms with Crippen LogP contribution >= 0.6 is 0 Å². The lowest BCUT2D eigenvalue weighted by molar-refractivity contribution is -0.155. The van der Waals surface area contributed by atoms with Crippen LogP contribution in [-0.2, 0) is 4.79 Å². The smallest absolute Gasteiger partial charge is 0.326 e. The maximum atomic E-state index is 13.4. The number of benzene rings is 2. The number of H-pyrrole nitrogens is 1. The first-order chi connectivity index (χ1) is 12.4. The number of amides is 1. The SMILES string of the molecule is O=C(CC(c1ccccc1)C(F)(F)F)Nc1cccc(-c2cn[nH]c2)c1. The summed E-state index contributed by atoms with van der Waals surface area (Å²) in [4.78, 5) is 12.2. The van der Waals surface area contributed by atoms with E-state index in [0.29, 0.717) is 5.69 Å². The summed E-state index contributed by atoms with van der Waals surface area (Å²) in [6.45, 7) is 0. The van der Waals surface area contributed by atoms with Gasteiger partial charge in [-0.2, -0.15) is 18.3 Å². The number of rotatable bonds is 5. The predicted octanol–water partition coefficient (Wildman–Crippen LogP) is 4.75. The van der Waals surface area contributed by atoms with E-state index in [0.717, 1.165) is 11.1 Å². The van der Waals surface area contributed by atoms with Gasteiger partial charge in [0.05, 0.1) is 12.1 Å². The number of carbonyl (C=O) groups is 1. The van der Waals surface area contributed by atoms with Crippen LogP contribution in [0.25, 0.3) is 11.1 Å². The number of carbonyl (C=O) groups excluding carboxylic acids is 1. The second-order valence-corrected chi connectivity index (χ2v) is 5.82. The van der Waals surface area contributed by atoms with Crippen molar-refractivity contribution in [3.05, 3.63) is 72.6 Å². The van der Waals surface area contributed by atoms with E-state index in [1.165, 1.54) is 24.3 Å². The van der Waals surface area contributed by atoms with E-state index in [2.05, 4.69) is 15.5 Å². The molecule has 0 radical (unpaired) electrons. The predicted molar refractivity (Wildman–Crippen MR) is 92.5 cm³/mol. The lowest BCUT2D eigenvalue weighted by Gasteiger charge is -2.20. The molecule has 3 rings (SSSR count). The van der Waals surface area contributed by atoms with Crippen molar-refractivity contribution in [1.82, 2.24) is 10.2 Å². The Hall–Kier alpha value is -3.09. The minimum Gasteiger partial charge on any atom is -0.326 e. The maximum Gasteiger partial charge on any atom is 0.396 e. The minimum absolute atomic E-state index is 0.0716. The van der Waals surface area contributed by atoms with E-state index in [-0.39, 0.29) is 5.56 Å². The molecule has 0 saturated heterocycles. The first-order valence-electron chi connectivity index (χ1n) is 7.94. The molecule has 2 aromatic carbocycles. The molecule has 1 atom stereocenters. The van der Waals surface area contributed by atoms with Crippen LogP contribution in [0.1, 0.15) is 17.9 Å². The number of nitrogens with one attached hydrogen (secondary N) is 2. The van der Waals surface area contributed by atoms with Crippen LogP contribution in [-0.4, -0.2) is 22.3 Å². The van der Waals surface area contributed by atoms with Gasteiger partial charge in [-0.05, 0) is 23.3 Å². The average molecular weight is 359 g/mol. The van der Waals surface area contributed by atoms with Gasteiger partial charge in [-0.1, -0.05) is 42.5 Å². The molecular formula is C19H16F3N3O. The average Bonchev–Trinajstić information content (AvgIpc) is 3.14. The number of anilines is 1. The summed E-state index contributed by atoms with van der Waals surface area (Å²) in [5, 5.41) is 9.09. The largest absolute Gasteiger partial charge is 0.396 e. The van der Waals surface area contributed by atoms with Gasteiger partial charge in [0.15, 0.2) is 0 Å². The highest BCUT2D eigenvalue weighted by atomic mass is 19.4. The van der Waals surface area contributed by atoms with Crippen molar-refractivity contribution in [2.75, 3.05) is 5.32 Å². The fourth-order valence-electron chi connectivity index (χ4n) is 2.69. The van der Waals surface area contributed by atoms with Crippen molar-refractivity contribution in [1.29, 1.82) is 0 Å². The summed E-state index contributed by atoms with van der Waals surface area (Å²) in [6, 6.07) is 14.3. The van der Waals surface area contributed by atoms with Crippen LogP contribution in [0.5, 0.6) is 0 Å². The zero-order valence-corrected chi connectivity index (χ0v) is 13.6. The Morgan fingerprint density at radius 3 is 2.50 bits per heavy atom. The monoisotopic (exact) mass is 359 g/mol. The third-order valence-corrected chi connectivity index (χ3v) is 3.96. The first-order valence-corrected chi connectivity index (χ1v) is 7.94. The van der Waals surface area contributed by atoms with Gasteiger partial charge in [-0.3, -0.25) is 9.89 Å². The molecule has 0 aliphatic rings. The van der Waals surface area contributed by atoms with E-state index in [1.54, 1.807) is 36.7 Å². The van der Waals surface area contributed by atoms with E-state index < -0.39 is 24.4 Å². The highest BCUT2D eigenvalue weighted by Crippen LogP contribution is 2.37. The molecule has 1 unspecified atom stereocenters. The maximum absolute atomic E-state index is 13.4. The molecule has 0 spiro atoms. The molecule has 2 N–H and O–H groups in total. The standard InChI is InChI=1S/C19H16F3N3O/c20-19(21,22)17(13-5-2-1-3-6-13)10-18(26)25-16-8-4-7-14(9-16)15-11-23-24-12-15/h1-9,11-12,17H,10H2,(H,23,24)(H,25,26). The molecule has 3 aromatic rings. The van der Waals surface area contributed by atoms with E-state index >= 15 is 0 Å². The van der Waals surface area contributed by atoms with Crippen molar-refractivity contribution >= 4 is 11.6 Å². The number of hydrogen-bond donors (Lipinski definition) is 2. The second kappa shape index (κ2) is 7.43. The molecular weight excluding hydrogens is 343 g/mol. The number of aromatic amines is 1. The summed E-state index contributed by atoms with van der Waals surface area (Å²) in [5.74, 6) is -2.54. The van der Waals surface area contributed by atoms with Gasteiger partial charge < -0.3 is 5.32 Å². The summed E-state index contributed by atoms with van der Waals surface area (Å²) >= 11 is 0.